The highest BCUT2D eigenvalue weighted by Crippen LogP contribution is 2.25. The van der Waals surface area contributed by atoms with Gasteiger partial charge >= 0.3 is 5.96 Å². The van der Waals surface area contributed by atoms with Crippen LogP contribution in [0, 0.1) is 5.92 Å². The summed E-state index contributed by atoms with van der Waals surface area (Å²) in [6, 6.07) is 5.61. The zero-order chi connectivity index (χ0) is 15.8. The first-order chi connectivity index (χ1) is 9.88. The number of rotatable bonds is 6. The van der Waals surface area contributed by atoms with E-state index >= 15 is 0 Å². The molecule has 0 aromatic heterocycles. The first kappa shape index (κ1) is 17.1. The Morgan fingerprint density at radius 2 is 2.00 bits per heavy atom. The van der Waals surface area contributed by atoms with Gasteiger partial charge in [-0.3, -0.25) is 0 Å². The molecule has 116 valence electrons. The molecule has 0 spiro atoms. The van der Waals surface area contributed by atoms with Crippen LogP contribution >= 0.6 is 11.6 Å². The van der Waals surface area contributed by atoms with Gasteiger partial charge in [0.2, 0.25) is 0 Å². The number of nitrogens with one attached hydrogen (secondary N) is 2. The molecule has 6 nitrogen and oxygen atoms in total. The molecule has 0 saturated carbocycles. The molecule has 0 amide bonds. The fourth-order valence-corrected chi connectivity index (χ4v) is 1.83. The lowest BCUT2D eigenvalue weighted by Gasteiger charge is -2.10. The third-order valence-corrected chi connectivity index (χ3v) is 3.01. The van der Waals surface area contributed by atoms with Crippen molar-refractivity contribution in [3.63, 3.8) is 0 Å². The Morgan fingerprint density at radius 1 is 1.29 bits per heavy atom. The van der Waals surface area contributed by atoms with Crippen molar-refractivity contribution < 1.29 is 14.7 Å². The second-order valence-corrected chi connectivity index (χ2v) is 5.55. The number of halogens is 1. The van der Waals surface area contributed by atoms with E-state index in [4.69, 9.17) is 33.5 Å². The molecule has 1 rings (SSSR count). The van der Waals surface area contributed by atoms with Crippen LogP contribution in [0.1, 0.15) is 25.8 Å². The fraction of sp³-hybridized carbons (Fsp3) is 0.429. The van der Waals surface area contributed by atoms with Crippen molar-refractivity contribution >= 4 is 23.5 Å². The maximum Gasteiger partial charge on any atom is 0.517 e. The molecule has 0 aliphatic carbocycles. The van der Waals surface area contributed by atoms with Crippen LogP contribution < -0.4 is 31.9 Å². The first-order valence-electron chi connectivity index (χ1n) is 6.81. The zero-order valence-corrected chi connectivity index (χ0v) is 13.2. The minimum absolute atomic E-state index is 0.0342. The van der Waals surface area contributed by atoms with Crippen molar-refractivity contribution in [3.05, 3.63) is 28.8 Å². The monoisotopic (exact) mass is 313 g/mol. The fourth-order valence-electron chi connectivity index (χ4n) is 1.57. The van der Waals surface area contributed by atoms with Gasteiger partial charge in [-0.05, 0) is 24.5 Å². The number of nitrogens with two attached hydrogens (primary N) is 3. The third kappa shape index (κ3) is 6.85. The van der Waals surface area contributed by atoms with Gasteiger partial charge in [0.25, 0.3) is 5.96 Å². The van der Waals surface area contributed by atoms with Gasteiger partial charge in [-0.25, -0.2) is 5.73 Å². The molecule has 0 unspecified atom stereocenters. The molecule has 0 fully saturated rings. The van der Waals surface area contributed by atoms with E-state index in [1.54, 1.807) is 0 Å². The number of guanidine groups is 2. The highest BCUT2D eigenvalue weighted by atomic mass is 35.5. The largest absolute Gasteiger partial charge is 0.517 e. The van der Waals surface area contributed by atoms with E-state index in [-0.39, 0.29) is 11.9 Å². The number of benzene rings is 1. The van der Waals surface area contributed by atoms with Crippen LogP contribution in [0.5, 0.6) is 5.75 Å². The summed E-state index contributed by atoms with van der Waals surface area (Å²) in [7, 11) is 0. The maximum absolute atomic E-state index is 6.19. The number of hydrogen-bond acceptors (Lipinski definition) is 1. The normalized spacial score (nSPS) is 11.5. The van der Waals surface area contributed by atoms with E-state index in [0.717, 1.165) is 12.0 Å². The molecule has 7 heteroatoms. The molecule has 0 aliphatic heterocycles. The Morgan fingerprint density at radius 3 is 2.57 bits per heavy atom. The Kier molecular flexibility index (Phi) is 6.81. The van der Waals surface area contributed by atoms with Gasteiger partial charge in [-0.2, -0.15) is 4.99 Å². The van der Waals surface area contributed by atoms with Crippen molar-refractivity contribution in [2.45, 2.75) is 26.8 Å². The highest BCUT2D eigenvalue weighted by Gasteiger charge is 2.07. The lowest BCUT2D eigenvalue weighted by molar-refractivity contribution is -0.536. The molecule has 0 aliphatic rings. The van der Waals surface area contributed by atoms with Gasteiger partial charge in [0.15, 0.2) is 0 Å². The predicted octanol–water partition coefficient (Wildman–Crippen LogP) is -1.99. The van der Waals surface area contributed by atoms with Crippen LogP contribution in [-0.4, -0.2) is 18.5 Å². The van der Waals surface area contributed by atoms with Gasteiger partial charge in [-0.15, -0.1) is 4.99 Å². The lowest BCUT2D eigenvalue weighted by Crippen LogP contribution is -2.97. The Bertz CT molecular complexity index is 524. The first-order valence-corrected chi connectivity index (χ1v) is 7.18. The van der Waals surface area contributed by atoms with E-state index in [9.17, 15) is 0 Å². The Labute approximate surface area is 130 Å². The number of hydrogen-bond donors (Lipinski definition) is 5. The molecule has 21 heavy (non-hydrogen) atoms. The summed E-state index contributed by atoms with van der Waals surface area (Å²) in [6.07, 6.45) is 0.994. The van der Waals surface area contributed by atoms with E-state index in [1.165, 1.54) is 0 Å². The van der Waals surface area contributed by atoms with Crippen LogP contribution in [0.3, 0.4) is 0 Å². The summed E-state index contributed by atoms with van der Waals surface area (Å²) in [5, 5.41) is 0.578. The average molecular weight is 314 g/mol. The molecule has 1 aromatic carbocycles. The van der Waals surface area contributed by atoms with Crippen molar-refractivity contribution in [2.75, 3.05) is 6.61 Å². The number of ether oxygens (including phenoxy) is 1. The van der Waals surface area contributed by atoms with Gasteiger partial charge in [-0.1, -0.05) is 31.5 Å². The minimum Gasteiger partial charge on any atom is -0.492 e. The topological polar surface area (TPSA) is 115 Å². The molecule has 0 saturated heterocycles. The van der Waals surface area contributed by atoms with Crippen molar-refractivity contribution in [3.8, 4) is 5.75 Å². The molecule has 0 heterocycles. The molecular weight excluding hydrogens is 290 g/mol. The summed E-state index contributed by atoms with van der Waals surface area (Å²) in [4.78, 5) is 5.51. The molecule has 0 bridgehead atoms. The molecule has 0 radical (unpaired) electrons. The van der Waals surface area contributed by atoms with Gasteiger partial charge < -0.3 is 16.2 Å². The van der Waals surface area contributed by atoms with Crippen molar-refractivity contribution in [1.29, 1.82) is 0 Å². The second kappa shape index (κ2) is 8.36. The maximum atomic E-state index is 6.19. The summed E-state index contributed by atoms with van der Waals surface area (Å²) >= 11 is 6.19. The van der Waals surface area contributed by atoms with E-state index < -0.39 is 0 Å². The van der Waals surface area contributed by atoms with Crippen LogP contribution in [0.25, 0.3) is 0 Å². The quantitative estimate of drug-likeness (QED) is 0.309. The van der Waals surface area contributed by atoms with E-state index in [2.05, 4.69) is 23.8 Å². The van der Waals surface area contributed by atoms with E-state index in [0.29, 0.717) is 29.8 Å². The Hall–Kier alpha value is -1.95. The summed E-state index contributed by atoms with van der Waals surface area (Å²) in [6.45, 7) is 5.46. The summed E-state index contributed by atoms with van der Waals surface area (Å²) in [5.74, 6) is 1.61. The summed E-state index contributed by atoms with van der Waals surface area (Å²) in [5.41, 5.74) is 17.2. The summed E-state index contributed by atoms with van der Waals surface area (Å²) < 4.78 is 5.65. The van der Waals surface area contributed by atoms with Crippen molar-refractivity contribution in [2.24, 2.45) is 23.1 Å². The predicted molar refractivity (Wildman–Crippen MR) is 84.6 cm³/mol. The minimum atomic E-state index is 0.0342. The highest BCUT2D eigenvalue weighted by molar-refractivity contribution is 6.32. The van der Waals surface area contributed by atoms with Crippen molar-refractivity contribution in [1.82, 2.24) is 0 Å². The molecular formula is C14H24ClN5O+2. The third-order valence-electron chi connectivity index (χ3n) is 2.71. The second-order valence-electron chi connectivity index (χ2n) is 5.14. The Balaban J connectivity index is 2.63. The zero-order valence-electron chi connectivity index (χ0n) is 12.4. The molecule has 8 N–H and O–H groups in total. The van der Waals surface area contributed by atoms with Crippen LogP contribution in [-0.2, 0) is 6.54 Å². The SMILES string of the molecule is CC(C)CCOc1ccc(C[NH+]=C(N)[NH+]=C(N)N)cc1Cl. The van der Waals surface area contributed by atoms with Gasteiger partial charge in [0.05, 0.1) is 11.6 Å². The van der Waals surface area contributed by atoms with Gasteiger partial charge in [0, 0.05) is 5.56 Å². The lowest BCUT2D eigenvalue weighted by atomic mass is 10.1. The smallest absolute Gasteiger partial charge is 0.492 e. The molecule has 1 aromatic rings. The van der Waals surface area contributed by atoms with Crippen LogP contribution in [0.4, 0.5) is 0 Å². The average Bonchev–Trinajstić information content (AvgIpc) is 2.37. The van der Waals surface area contributed by atoms with E-state index in [1.807, 2.05) is 18.2 Å². The van der Waals surface area contributed by atoms with Crippen LogP contribution in [0.2, 0.25) is 5.02 Å². The molecule has 0 atom stereocenters. The van der Waals surface area contributed by atoms with Crippen LogP contribution in [0.15, 0.2) is 18.2 Å². The van der Waals surface area contributed by atoms with Gasteiger partial charge in [0.1, 0.15) is 12.3 Å². The standard InChI is InChI=1S/C14H22ClN5O/c1-9(2)5-6-21-12-4-3-10(7-11(12)15)8-19-14(18)20-13(16)17/h3-4,7,9H,5-6,8H2,1-2H3,(H6,16,17,18,19,20)/p+2.